The Morgan fingerprint density at radius 3 is 2.81 bits per heavy atom. The van der Waals surface area contributed by atoms with Gasteiger partial charge in [-0.15, -0.1) is 0 Å². The first-order valence-corrected chi connectivity index (χ1v) is 9.34. The Hall–Kier alpha value is -1.37. The quantitative estimate of drug-likeness (QED) is 0.862. The highest BCUT2D eigenvalue weighted by molar-refractivity contribution is 7.91. The lowest BCUT2D eigenvalue weighted by molar-refractivity contribution is 0.599. The lowest BCUT2D eigenvalue weighted by Gasteiger charge is -2.27. The molecule has 1 aromatic rings. The average molecular weight is 312 g/mol. The van der Waals surface area contributed by atoms with E-state index in [0.717, 1.165) is 12.2 Å². The summed E-state index contributed by atoms with van der Waals surface area (Å²) < 4.78 is 23.3. The summed E-state index contributed by atoms with van der Waals surface area (Å²) in [6, 6.07) is 2.17. The van der Waals surface area contributed by atoms with Gasteiger partial charge in [-0.25, -0.2) is 13.4 Å². The molecule has 1 aromatic heterocycles. The van der Waals surface area contributed by atoms with Gasteiger partial charge in [-0.05, 0) is 32.8 Å². The fraction of sp³-hybridized carbons (Fsp3) is 0.714. The van der Waals surface area contributed by atoms with Crippen LogP contribution in [0.25, 0.3) is 0 Å². The molecule has 2 rings (SSSR count). The van der Waals surface area contributed by atoms with Crippen molar-refractivity contribution in [1.82, 2.24) is 9.97 Å². The summed E-state index contributed by atoms with van der Waals surface area (Å²) >= 11 is 0. The van der Waals surface area contributed by atoms with E-state index < -0.39 is 9.84 Å². The third-order valence-electron chi connectivity index (χ3n) is 3.90. The number of rotatable bonds is 6. The second-order valence-electron chi connectivity index (χ2n) is 5.54. The van der Waals surface area contributed by atoms with Crippen molar-refractivity contribution in [2.45, 2.75) is 45.7 Å². The van der Waals surface area contributed by atoms with Crippen molar-refractivity contribution in [3.8, 4) is 0 Å². The number of sulfone groups is 1. The predicted molar refractivity (Wildman–Crippen MR) is 85.5 cm³/mol. The molecule has 6 nitrogen and oxygen atoms in total. The molecule has 0 amide bonds. The first-order valence-electron chi connectivity index (χ1n) is 7.51. The Bertz CT molecular complexity index is 576. The normalized spacial score (nSPS) is 22.0. The molecule has 0 aliphatic carbocycles. The molecule has 1 aliphatic heterocycles. The molecule has 0 saturated carbocycles. The van der Waals surface area contributed by atoms with Gasteiger partial charge in [0, 0.05) is 24.8 Å². The zero-order valence-corrected chi connectivity index (χ0v) is 13.7. The van der Waals surface area contributed by atoms with Crippen molar-refractivity contribution in [1.29, 1.82) is 0 Å². The van der Waals surface area contributed by atoms with Crippen LogP contribution in [0, 0.1) is 0 Å². The summed E-state index contributed by atoms with van der Waals surface area (Å²) in [5.74, 6) is 1.85. The molecule has 0 aromatic carbocycles. The first kappa shape index (κ1) is 16.0. The van der Waals surface area contributed by atoms with E-state index in [-0.39, 0.29) is 17.5 Å². The van der Waals surface area contributed by atoms with Crippen molar-refractivity contribution in [2.24, 2.45) is 0 Å². The molecule has 0 spiro atoms. The summed E-state index contributed by atoms with van der Waals surface area (Å²) in [7, 11) is -2.90. The van der Waals surface area contributed by atoms with Gasteiger partial charge in [-0.2, -0.15) is 4.98 Å². The first-order chi connectivity index (χ1) is 9.95. The van der Waals surface area contributed by atoms with Gasteiger partial charge in [0.05, 0.1) is 11.5 Å². The Morgan fingerprint density at radius 1 is 1.48 bits per heavy atom. The van der Waals surface area contributed by atoms with Crippen LogP contribution in [-0.2, 0) is 9.84 Å². The molecule has 0 bridgehead atoms. The summed E-state index contributed by atoms with van der Waals surface area (Å²) in [5, 5.41) is 3.32. The molecule has 2 unspecified atom stereocenters. The highest BCUT2D eigenvalue weighted by atomic mass is 32.2. The highest BCUT2D eigenvalue weighted by Gasteiger charge is 2.32. The van der Waals surface area contributed by atoms with Crippen molar-refractivity contribution in [3.05, 3.63) is 12.3 Å². The van der Waals surface area contributed by atoms with Crippen LogP contribution in [0.3, 0.4) is 0 Å². The second-order valence-corrected chi connectivity index (χ2v) is 7.77. The van der Waals surface area contributed by atoms with E-state index in [1.54, 1.807) is 6.20 Å². The van der Waals surface area contributed by atoms with E-state index in [4.69, 9.17) is 0 Å². The number of hydrogen-bond donors (Lipinski definition) is 1. The van der Waals surface area contributed by atoms with Crippen molar-refractivity contribution >= 4 is 21.6 Å². The molecule has 0 radical (unpaired) electrons. The summed E-state index contributed by atoms with van der Waals surface area (Å²) in [4.78, 5) is 10.8. The van der Waals surface area contributed by atoms with Crippen molar-refractivity contribution < 1.29 is 8.42 Å². The molecule has 21 heavy (non-hydrogen) atoms. The minimum atomic E-state index is -2.90. The van der Waals surface area contributed by atoms with E-state index >= 15 is 0 Å². The molecular weight excluding hydrogens is 288 g/mol. The standard InChI is InChI=1S/C14H24N4O2S/c1-4-11(3)16-13-6-8-15-14(17-13)18(5-2)12-7-9-21(19,20)10-12/h6,8,11-12H,4-5,7,9-10H2,1-3H3,(H,15,16,17). The zero-order chi connectivity index (χ0) is 15.5. The largest absolute Gasteiger partial charge is 0.367 e. The average Bonchev–Trinajstić information content (AvgIpc) is 2.80. The number of aromatic nitrogens is 2. The van der Waals surface area contributed by atoms with Crippen LogP contribution in [0.2, 0.25) is 0 Å². The molecular formula is C14H24N4O2S. The van der Waals surface area contributed by atoms with E-state index in [0.29, 0.717) is 25.0 Å². The van der Waals surface area contributed by atoms with Crippen molar-refractivity contribution in [2.75, 3.05) is 28.3 Å². The maximum absolute atomic E-state index is 11.7. The molecule has 2 atom stereocenters. The molecule has 1 fully saturated rings. The maximum atomic E-state index is 11.7. The minimum absolute atomic E-state index is 0.0150. The van der Waals surface area contributed by atoms with Crippen molar-refractivity contribution in [3.63, 3.8) is 0 Å². The summed E-state index contributed by atoms with van der Waals surface area (Å²) in [6.07, 6.45) is 3.39. The Morgan fingerprint density at radius 2 is 2.24 bits per heavy atom. The molecule has 2 heterocycles. The molecule has 1 N–H and O–H groups in total. The molecule has 1 saturated heterocycles. The smallest absolute Gasteiger partial charge is 0.227 e. The van der Waals surface area contributed by atoms with E-state index in [1.165, 1.54) is 0 Å². The third kappa shape index (κ3) is 4.06. The van der Waals surface area contributed by atoms with Gasteiger partial charge in [0.1, 0.15) is 5.82 Å². The van der Waals surface area contributed by atoms with Gasteiger partial charge in [-0.3, -0.25) is 0 Å². The van der Waals surface area contributed by atoms with Crippen LogP contribution in [0.15, 0.2) is 12.3 Å². The van der Waals surface area contributed by atoms with Crippen LogP contribution < -0.4 is 10.2 Å². The van der Waals surface area contributed by atoms with E-state index in [1.807, 2.05) is 17.9 Å². The minimum Gasteiger partial charge on any atom is -0.367 e. The van der Waals surface area contributed by atoms with Gasteiger partial charge < -0.3 is 10.2 Å². The van der Waals surface area contributed by atoms with Crippen LogP contribution in [0.1, 0.15) is 33.6 Å². The van der Waals surface area contributed by atoms with Crippen LogP contribution in [0.4, 0.5) is 11.8 Å². The Balaban J connectivity index is 2.17. The molecule has 1 aliphatic rings. The lowest BCUT2D eigenvalue weighted by atomic mass is 10.2. The summed E-state index contributed by atoms with van der Waals surface area (Å²) in [5.41, 5.74) is 0. The van der Waals surface area contributed by atoms with Crippen LogP contribution in [0.5, 0.6) is 0 Å². The summed E-state index contributed by atoms with van der Waals surface area (Å²) in [6.45, 7) is 6.92. The van der Waals surface area contributed by atoms with Gasteiger partial charge >= 0.3 is 0 Å². The van der Waals surface area contributed by atoms with E-state index in [9.17, 15) is 8.42 Å². The second kappa shape index (κ2) is 6.60. The zero-order valence-electron chi connectivity index (χ0n) is 12.9. The van der Waals surface area contributed by atoms with E-state index in [2.05, 4.69) is 29.1 Å². The Kier molecular flexibility index (Phi) is 5.03. The molecule has 7 heteroatoms. The van der Waals surface area contributed by atoms with Gasteiger partial charge in [0.2, 0.25) is 5.95 Å². The fourth-order valence-electron chi connectivity index (χ4n) is 2.51. The van der Waals surface area contributed by atoms with Gasteiger partial charge in [-0.1, -0.05) is 6.92 Å². The number of nitrogens with zero attached hydrogens (tertiary/aromatic N) is 3. The lowest BCUT2D eigenvalue weighted by Crippen LogP contribution is -2.37. The SMILES string of the molecule is CCC(C)Nc1ccnc(N(CC)C2CCS(=O)(=O)C2)n1. The number of hydrogen-bond acceptors (Lipinski definition) is 6. The van der Waals surface area contributed by atoms with Crippen LogP contribution >= 0.6 is 0 Å². The monoisotopic (exact) mass is 312 g/mol. The van der Waals surface area contributed by atoms with Crippen LogP contribution in [-0.4, -0.2) is 48.5 Å². The Labute approximate surface area is 126 Å². The topological polar surface area (TPSA) is 75.2 Å². The number of anilines is 2. The van der Waals surface area contributed by atoms with Gasteiger partial charge in [0.15, 0.2) is 9.84 Å². The van der Waals surface area contributed by atoms with Gasteiger partial charge in [0.25, 0.3) is 0 Å². The third-order valence-corrected chi connectivity index (χ3v) is 5.65. The highest BCUT2D eigenvalue weighted by Crippen LogP contribution is 2.22. The number of nitrogens with one attached hydrogen (secondary N) is 1. The maximum Gasteiger partial charge on any atom is 0.227 e. The fourth-order valence-corrected chi connectivity index (χ4v) is 4.24. The molecule has 118 valence electrons. The predicted octanol–water partition coefficient (Wildman–Crippen LogP) is 1.70.